The Kier molecular flexibility index (Phi) is 5.90. The number of likely N-dealkylation sites (N-methyl/N-ethyl adjacent to an activating group) is 1. The van der Waals surface area contributed by atoms with Crippen molar-refractivity contribution in [2.45, 2.75) is 33.4 Å². The molecule has 5 nitrogen and oxygen atoms in total. The van der Waals surface area contributed by atoms with E-state index in [1.807, 2.05) is 0 Å². The van der Waals surface area contributed by atoms with Crippen LogP contribution in [0.2, 0.25) is 0 Å². The molecule has 0 saturated heterocycles. The van der Waals surface area contributed by atoms with Gasteiger partial charge in [0.1, 0.15) is 0 Å². The third kappa shape index (κ3) is 4.37. The molecule has 0 saturated carbocycles. The summed E-state index contributed by atoms with van der Waals surface area (Å²) in [7, 11) is 0. The normalized spacial score (nSPS) is 12.8. The van der Waals surface area contributed by atoms with E-state index < -0.39 is 0 Å². The predicted octanol–water partition coefficient (Wildman–Crippen LogP) is 2.55. The zero-order valence-electron chi connectivity index (χ0n) is 13.0. The number of hydrogen-bond donors (Lipinski definition) is 1. The van der Waals surface area contributed by atoms with Crippen LogP contribution in [-0.2, 0) is 6.54 Å². The maximum absolute atomic E-state index is 5.39. The fourth-order valence-corrected chi connectivity index (χ4v) is 2.52. The molecule has 2 aromatic rings. The molecule has 114 valence electrons. The standard InChI is InChI=1S/C16H24N4O/c1-4-20(5-2)15(14-9-7-6-8-10-14)11-17-12-16-19-18-13(3)21-16/h6-10,15,17H,4-5,11-12H2,1-3H3. The lowest BCUT2D eigenvalue weighted by atomic mass is 10.1. The van der Waals surface area contributed by atoms with Crippen molar-refractivity contribution in [1.29, 1.82) is 0 Å². The van der Waals surface area contributed by atoms with Crippen LogP contribution in [0.1, 0.15) is 37.2 Å². The molecule has 1 aromatic heterocycles. The minimum Gasteiger partial charge on any atom is -0.424 e. The minimum absolute atomic E-state index is 0.352. The van der Waals surface area contributed by atoms with Gasteiger partial charge >= 0.3 is 0 Å². The summed E-state index contributed by atoms with van der Waals surface area (Å²) < 4.78 is 5.39. The van der Waals surface area contributed by atoms with Gasteiger partial charge in [-0.3, -0.25) is 4.90 Å². The van der Waals surface area contributed by atoms with Gasteiger partial charge in [0.05, 0.1) is 6.54 Å². The highest BCUT2D eigenvalue weighted by molar-refractivity contribution is 5.19. The summed E-state index contributed by atoms with van der Waals surface area (Å²) >= 11 is 0. The highest BCUT2D eigenvalue weighted by atomic mass is 16.4. The third-order valence-corrected chi connectivity index (χ3v) is 3.62. The average Bonchev–Trinajstić information content (AvgIpc) is 2.93. The van der Waals surface area contributed by atoms with Crippen molar-refractivity contribution in [3.05, 3.63) is 47.7 Å². The fraction of sp³-hybridized carbons (Fsp3) is 0.500. The molecule has 0 fully saturated rings. The molecule has 1 N–H and O–H groups in total. The molecule has 1 heterocycles. The Morgan fingerprint density at radius 3 is 2.43 bits per heavy atom. The summed E-state index contributed by atoms with van der Waals surface area (Å²) in [6, 6.07) is 11.0. The average molecular weight is 288 g/mol. The topological polar surface area (TPSA) is 54.2 Å². The molecule has 0 amide bonds. The number of rotatable bonds is 8. The molecule has 0 aliphatic carbocycles. The largest absolute Gasteiger partial charge is 0.424 e. The van der Waals surface area contributed by atoms with E-state index in [0.717, 1.165) is 19.6 Å². The van der Waals surface area contributed by atoms with Gasteiger partial charge in [-0.15, -0.1) is 10.2 Å². The Labute approximate surface area is 126 Å². The quantitative estimate of drug-likeness (QED) is 0.809. The van der Waals surface area contributed by atoms with E-state index in [1.54, 1.807) is 6.92 Å². The van der Waals surface area contributed by atoms with Gasteiger partial charge < -0.3 is 9.73 Å². The van der Waals surface area contributed by atoms with Crippen LogP contribution in [0.15, 0.2) is 34.7 Å². The van der Waals surface area contributed by atoms with Gasteiger partial charge in [0.25, 0.3) is 0 Å². The van der Waals surface area contributed by atoms with Crippen LogP contribution in [0, 0.1) is 6.92 Å². The van der Waals surface area contributed by atoms with Crippen molar-refractivity contribution in [3.63, 3.8) is 0 Å². The molecular formula is C16H24N4O. The number of aromatic nitrogens is 2. The highest BCUT2D eigenvalue weighted by Gasteiger charge is 2.17. The number of aryl methyl sites for hydroxylation is 1. The predicted molar refractivity (Wildman–Crippen MR) is 82.8 cm³/mol. The maximum atomic E-state index is 5.39. The highest BCUT2D eigenvalue weighted by Crippen LogP contribution is 2.19. The van der Waals surface area contributed by atoms with Gasteiger partial charge in [0, 0.05) is 19.5 Å². The summed E-state index contributed by atoms with van der Waals surface area (Å²) in [5, 5.41) is 11.3. The smallest absolute Gasteiger partial charge is 0.230 e. The first kappa shape index (κ1) is 15.7. The second kappa shape index (κ2) is 7.90. The van der Waals surface area contributed by atoms with E-state index in [0.29, 0.717) is 24.4 Å². The molecule has 0 aliphatic rings. The first-order valence-corrected chi connectivity index (χ1v) is 7.53. The second-order valence-electron chi connectivity index (χ2n) is 4.99. The summed E-state index contributed by atoms with van der Waals surface area (Å²) in [5.74, 6) is 1.24. The van der Waals surface area contributed by atoms with Gasteiger partial charge in [-0.2, -0.15) is 0 Å². The molecular weight excluding hydrogens is 264 g/mol. The molecule has 0 radical (unpaired) electrons. The van der Waals surface area contributed by atoms with E-state index in [9.17, 15) is 0 Å². The van der Waals surface area contributed by atoms with Crippen LogP contribution in [0.3, 0.4) is 0 Å². The van der Waals surface area contributed by atoms with Crippen molar-refractivity contribution >= 4 is 0 Å². The Bertz CT molecular complexity index is 522. The van der Waals surface area contributed by atoms with Gasteiger partial charge in [0.2, 0.25) is 11.8 Å². The van der Waals surface area contributed by atoms with Crippen LogP contribution >= 0.6 is 0 Å². The third-order valence-electron chi connectivity index (χ3n) is 3.62. The van der Waals surface area contributed by atoms with Crippen LogP contribution in [0.5, 0.6) is 0 Å². The summed E-state index contributed by atoms with van der Waals surface area (Å²) in [6.45, 7) is 9.70. The Morgan fingerprint density at radius 2 is 1.86 bits per heavy atom. The summed E-state index contributed by atoms with van der Waals surface area (Å²) in [5.41, 5.74) is 1.33. The van der Waals surface area contributed by atoms with Gasteiger partial charge in [-0.25, -0.2) is 0 Å². The van der Waals surface area contributed by atoms with Crippen molar-refractivity contribution in [1.82, 2.24) is 20.4 Å². The lowest BCUT2D eigenvalue weighted by molar-refractivity contribution is 0.211. The molecule has 1 unspecified atom stereocenters. The number of nitrogens with zero attached hydrogens (tertiary/aromatic N) is 3. The minimum atomic E-state index is 0.352. The second-order valence-corrected chi connectivity index (χ2v) is 4.99. The van der Waals surface area contributed by atoms with Gasteiger partial charge in [0.15, 0.2) is 0 Å². The SMILES string of the molecule is CCN(CC)C(CNCc1nnc(C)o1)c1ccccc1. The van der Waals surface area contributed by atoms with Gasteiger partial charge in [-0.05, 0) is 18.7 Å². The molecule has 0 bridgehead atoms. The number of hydrogen-bond acceptors (Lipinski definition) is 5. The van der Waals surface area contributed by atoms with Gasteiger partial charge in [-0.1, -0.05) is 44.2 Å². The molecule has 21 heavy (non-hydrogen) atoms. The zero-order chi connectivity index (χ0) is 15.1. The molecule has 0 aliphatic heterocycles. The van der Waals surface area contributed by atoms with Crippen LogP contribution in [0.25, 0.3) is 0 Å². The Balaban J connectivity index is 1.99. The first-order chi connectivity index (χ1) is 10.2. The van der Waals surface area contributed by atoms with Crippen LogP contribution in [0.4, 0.5) is 0 Å². The molecule has 5 heteroatoms. The Morgan fingerprint density at radius 1 is 1.14 bits per heavy atom. The van der Waals surface area contributed by atoms with Crippen molar-refractivity contribution in [2.24, 2.45) is 0 Å². The molecule has 0 spiro atoms. The number of benzene rings is 1. The summed E-state index contributed by atoms with van der Waals surface area (Å²) in [6.07, 6.45) is 0. The summed E-state index contributed by atoms with van der Waals surface area (Å²) in [4.78, 5) is 2.45. The van der Waals surface area contributed by atoms with Crippen LogP contribution in [-0.4, -0.2) is 34.7 Å². The lowest BCUT2D eigenvalue weighted by Crippen LogP contribution is -2.35. The van der Waals surface area contributed by atoms with E-state index in [1.165, 1.54) is 5.56 Å². The van der Waals surface area contributed by atoms with Crippen molar-refractivity contribution < 1.29 is 4.42 Å². The van der Waals surface area contributed by atoms with Crippen molar-refractivity contribution in [3.8, 4) is 0 Å². The lowest BCUT2D eigenvalue weighted by Gasteiger charge is -2.30. The van der Waals surface area contributed by atoms with Crippen LogP contribution < -0.4 is 5.32 Å². The molecule has 1 atom stereocenters. The molecule has 1 aromatic carbocycles. The first-order valence-electron chi connectivity index (χ1n) is 7.53. The van der Waals surface area contributed by atoms with E-state index in [4.69, 9.17) is 4.42 Å². The number of nitrogens with one attached hydrogen (secondary N) is 1. The monoisotopic (exact) mass is 288 g/mol. The van der Waals surface area contributed by atoms with E-state index >= 15 is 0 Å². The maximum Gasteiger partial charge on any atom is 0.230 e. The van der Waals surface area contributed by atoms with E-state index in [2.05, 4.69) is 64.6 Å². The van der Waals surface area contributed by atoms with Crippen molar-refractivity contribution in [2.75, 3.05) is 19.6 Å². The fourth-order valence-electron chi connectivity index (χ4n) is 2.52. The molecule has 2 rings (SSSR count). The Hall–Kier alpha value is -1.72. The zero-order valence-corrected chi connectivity index (χ0v) is 13.0. The van der Waals surface area contributed by atoms with E-state index in [-0.39, 0.29) is 0 Å².